The quantitative estimate of drug-likeness (QED) is 0.938. The first kappa shape index (κ1) is 15.7. The highest BCUT2D eigenvalue weighted by Crippen LogP contribution is 2.30. The minimum atomic E-state index is -4.48. The lowest BCUT2D eigenvalue weighted by molar-refractivity contribution is -0.141. The van der Waals surface area contributed by atoms with Crippen LogP contribution in [0.1, 0.15) is 56.0 Å². The zero-order valence-corrected chi connectivity index (χ0v) is 12.8. The number of hydrogen-bond acceptors (Lipinski definition) is 5. The SMILES string of the molecule is CC(C)c1nc2n(n1)CCCC2Nc1ccc(C(F)(F)F)nn1. The summed E-state index contributed by atoms with van der Waals surface area (Å²) in [5.74, 6) is 2.08. The molecule has 0 amide bonds. The van der Waals surface area contributed by atoms with E-state index in [1.54, 1.807) is 0 Å². The number of nitrogens with one attached hydrogen (secondary N) is 1. The fourth-order valence-corrected chi connectivity index (χ4v) is 2.49. The summed E-state index contributed by atoms with van der Waals surface area (Å²) in [6.45, 7) is 4.84. The van der Waals surface area contributed by atoms with E-state index in [0.717, 1.165) is 37.1 Å². The molecule has 1 N–H and O–H groups in total. The molecular formula is C14H17F3N6. The summed E-state index contributed by atoms with van der Waals surface area (Å²) in [7, 11) is 0. The lowest BCUT2D eigenvalue weighted by atomic mass is 10.1. The normalized spacial score (nSPS) is 18.1. The molecule has 0 fully saturated rings. The van der Waals surface area contributed by atoms with Crippen LogP contribution in [-0.4, -0.2) is 25.0 Å². The van der Waals surface area contributed by atoms with Crippen LogP contribution in [0.2, 0.25) is 0 Å². The van der Waals surface area contributed by atoms with Gasteiger partial charge < -0.3 is 5.32 Å². The molecule has 0 aliphatic carbocycles. The molecule has 0 bridgehead atoms. The maximum atomic E-state index is 12.5. The molecule has 2 aromatic rings. The van der Waals surface area contributed by atoms with E-state index >= 15 is 0 Å². The fourth-order valence-electron chi connectivity index (χ4n) is 2.49. The number of nitrogens with zero attached hydrogens (tertiary/aromatic N) is 5. The number of anilines is 1. The highest BCUT2D eigenvalue weighted by atomic mass is 19.4. The van der Waals surface area contributed by atoms with E-state index in [1.165, 1.54) is 6.07 Å². The first-order valence-corrected chi connectivity index (χ1v) is 7.46. The Labute approximate surface area is 131 Å². The maximum Gasteiger partial charge on any atom is 0.435 e. The van der Waals surface area contributed by atoms with E-state index in [1.807, 2.05) is 18.5 Å². The Balaban J connectivity index is 1.79. The smallest absolute Gasteiger partial charge is 0.359 e. The minimum Gasteiger partial charge on any atom is -0.359 e. The molecule has 0 saturated heterocycles. The van der Waals surface area contributed by atoms with Crippen LogP contribution in [0.3, 0.4) is 0 Å². The number of halogens is 3. The second kappa shape index (κ2) is 5.78. The van der Waals surface area contributed by atoms with Gasteiger partial charge in [0.1, 0.15) is 11.6 Å². The van der Waals surface area contributed by atoms with Gasteiger partial charge in [-0.15, -0.1) is 10.2 Å². The first-order chi connectivity index (χ1) is 10.8. The third kappa shape index (κ3) is 3.27. The van der Waals surface area contributed by atoms with E-state index in [4.69, 9.17) is 0 Å². The van der Waals surface area contributed by atoms with Crippen molar-refractivity contribution >= 4 is 5.82 Å². The number of alkyl halides is 3. The van der Waals surface area contributed by atoms with Gasteiger partial charge in [-0.2, -0.15) is 18.3 Å². The van der Waals surface area contributed by atoms with Gasteiger partial charge in [-0.25, -0.2) is 9.67 Å². The molecule has 6 nitrogen and oxygen atoms in total. The third-order valence-electron chi connectivity index (χ3n) is 3.68. The van der Waals surface area contributed by atoms with E-state index in [0.29, 0.717) is 5.82 Å². The van der Waals surface area contributed by atoms with Gasteiger partial charge >= 0.3 is 6.18 Å². The van der Waals surface area contributed by atoms with Crippen LogP contribution in [0.25, 0.3) is 0 Å². The summed E-state index contributed by atoms with van der Waals surface area (Å²) in [6.07, 6.45) is -2.75. The van der Waals surface area contributed by atoms with Gasteiger partial charge in [0.25, 0.3) is 0 Å². The summed E-state index contributed by atoms with van der Waals surface area (Å²) >= 11 is 0. The van der Waals surface area contributed by atoms with Gasteiger partial charge in [-0.3, -0.25) is 0 Å². The molecule has 0 aromatic carbocycles. The van der Waals surface area contributed by atoms with Crippen LogP contribution in [0, 0.1) is 0 Å². The lowest BCUT2D eigenvalue weighted by Crippen LogP contribution is -2.23. The van der Waals surface area contributed by atoms with Crippen molar-refractivity contribution in [1.29, 1.82) is 0 Å². The van der Waals surface area contributed by atoms with Crippen LogP contribution < -0.4 is 5.32 Å². The van der Waals surface area contributed by atoms with Crippen molar-refractivity contribution < 1.29 is 13.2 Å². The predicted molar refractivity (Wildman–Crippen MR) is 76.7 cm³/mol. The summed E-state index contributed by atoms with van der Waals surface area (Å²) < 4.78 is 39.4. The summed E-state index contributed by atoms with van der Waals surface area (Å²) in [5, 5.41) is 14.4. The van der Waals surface area contributed by atoms with E-state index in [-0.39, 0.29) is 12.0 Å². The molecule has 1 aliphatic rings. The second-order valence-electron chi connectivity index (χ2n) is 5.85. The molecule has 9 heteroatoms. The molecule has 3 heterocycles. The van der Waals surface area contributed by atoms with E-state index in [9.17, 15) is 13.2 Å². The lowest BCUT2D eigenvalue weighted by Gasteiger charge is -2.23. The Morgan fingerprint density at radius 3 is 2.65 bits per heavy atom. The molecule has 1 aliphatic heterocycles. The molecule has 0 saturated carbocycles. The largest absolute Gasteiger partial charge is 0.435 e. The first-order valence-electron chi connectivity index (χ1n) is 7.46. The van der Waals surface area contributed by atoms with Gasteiger partial charge in [0.05, 0.1) is 6.04 Å². The van der Waals surface area contributed by atoms with E-state index in [2.05, 4.69) is 25.6 Å². The number of hydrogen-bond donors (Lipinski definition) is 1. The van der Waals surface area contributed by atoms with Crippen molar-refractivity contribution in [3.8, 4) is 0 Å². The number of rotatable bonds is 3. The Bertz CT molecular complexity index is 677. The molecule has 1 unspecified atom stereocenters. The average Bonchev–Trinajstić information content (AvgIpc) is 2.92. The third-order valence-corrected chi connectivity index (χ3v) is 3.68. The van der Waals surface area contributed by atoms with Crippen molar-refractivity contribution in [3.63, 3.8) is 0 Å². The van der Waals surface area contributed by atoms with Crippen molar-refractivity contribution in [2.24, 2.45) is 0 Å². The van der Waals surface area contributed by atoms with Gasteiger partial charge in [0.2, 0.25) is 0 Å². The molecule has 0 spiro atoms. The predicted octanol–water partition coefficient (Wildman–Crippen LogP) is 3.16. The number of aryl methyl sites for hydroxylation is 1. The van der Waals surface area contributed by atoms with Crippen LogP contribution in [0.5, 0.6) is 0 Å². The average molecular weight is 326 g/mol. The zero-order chi connectivity index (χ0) is 16.6. The van der Waals surface area contributed by atoms with Gasteiger partial charge in [-0.05, 0) is 25.0 Å². The molecule has 23 heavy (non-hydrogen) atoms. The van der Waals surface area contributed by atoms with Crippen LogP contribution in [-0.2, 0) is 12.7 Å². The Kier molecular flexibility index (Phi) is 3.95. The van der Waals surface area contributed by atoms with Crippen LogP contribution in [0.4, 0.5) is 19.0 Å². The zero-order valence-electron chi connectivity index (χ0n) is 12.8. The van der Waals surface area contributed by atoms with Gasteiger partial charge in [-0.1, -0.05) is 13.8 Å². The Morgan fingerprint density at radius 1 is 1.26 bits per heavy atom. The number of aromatic nitrogens is 5. The monoisotopic (exact) mass is 326 g/mol. The molecule has 1 atom stereocenters. The highest BCUT2D eigenvalue weighted by molar-refractivity contribution is 5.36. The van der Waals surface area contributed by atoms with Crippen molar-refractivity contribution in [2.45, 2.75) is 51.4 Å². The molecule has 2 aromatic heterocycles. The summed E-state index contributed by atoms with van der Waals surface area (Å²) in [4.78, 5) is 4.55. The van der Waals surface area contributed by atoms with Gasteiger partial charge in [0.15, 0.2) is 11.5 Å². The Morgan fingerprint density at radius 2 is 2.04 bits per heavy atom. The standard InChI is InChI=1S/C14H17F3N6/c1-8(2)12-19-13-9(4-3-7-23(13)22-12)18-11-6-5-10(20-21-11)14(15,16)17/h5-6,8-9H,3-4,7H2,1-2H3,(H,18,21). The summed E-state index contributed by atoms with van der Waals surface area (Å²) in [5.41, 5.74) is -1.00. The molecule has 0 radical (unpaired) electrons. The van der Waals surface area contributed by atoms with Gasteiger partial charge in [0, 0.05) is 12.5 Å². The fraction of sp³-hybridized carbons (Fsp3) is 0.571. The minimum absolute atomic E-state index is 0.130. The van der Waals surface area contributed by atoms with Crippen LogP contribution >= 0.6 is 0 Å². The second-order valence-corrected chi connectivity index (χ2v) is 5.85. The van der Waals surface area contributed by atoms with Crippen molar-refractivity contribution in [2.75, 3.05) is 5.32 Å². The van der Waals surface area contributed by atoms with Crippen molar-refractivity contribution in [1.82, 2.24) is 25.0 Å². The molecule has 3 rings (SSSR count). The van der Waals surface area contributed by atoms with Crippen LogP contribution in [0.15, 0.2) is 12.1 Å². The summed E-state index contributed by atoms with van der Waals surface area (Å²) in [6, 6.07) is 2.08. The maximum absolute atomic E-state index is 12.5. The van der Waals surface area contributed by atoms with E-state index < -0.39 is 11.9 Å². The highest BCUT2D eigenvalue weighted by Gasteiger charge is 2.33. The Hall–Kier alpha value is -2.19. The molecular weight excluding hydrogens is 309 g/mol. The van der Waals surface area contributed by atoms with Crippen molar-refractivity contribution in [3.05, 3.63) is 29.5 Å². The topological polar surface area (TPSA) is 68.5 Å². The number of fused-ring (bicyclic) bond motifs is 1. The molecule has 124 valence electrons.